The van der Waals surface area contributed by atoms with Crippen LogP contribution in [-0.2, 0) is 17.6 Å². The van der Waals surface area contributed by atoms with E-state index in [1.807, 2.05) is 0 Å². The molecule has 0 aromatic heterocycles. The third kappa shape index (κ3) is 12.7. The van der Waals surface area contributed by atoms with E-state index in [0.29, 0.717) is 11.8 Å². The maximum absolute atomic E-state index is 9.75. The second kappa shape index (κ2) is 18.6. The molecule has 2 unspecified atom stereocenters. The molecule has 0 amide bonds. The molecule has 0 saturated heterocycles. The highest BCUT2D eigenvalue weighted by Crippen LogP contribution is 2.28. The standard InChI is InChI=1S/C30H42O3S2/c1-3-11-25(21-27-13-7-5-8-14-27)17-19-29(34-31)23-33-24-30(35-32)20-18-26(12-4-2)22-28-15-9-6-10-16-28/h5-10,13-16,23-26,31-32H,3-4,11-12,17-22H2,1-2H3. The molecule has 0 aliphatic carbocycles. The normalized spacial score (nSPS) is 14.1. The molecule has 0 bridgehead atoms. The fourth-order valence-corrected chi connectivity index (χ4v) is 5.15. The Labute approximate surface area is 221 Å². The van der Waals surface area contributed by atoms with E-state index in [1.165, 1.54) is 24.0 Å². The lowest BCUT2D eigenvalue weighted by Crippen LogP contribution is -2.05. The lowest BCUT2D eigenvalue weighted by atomic mass is 9.91. The minimum absolute atomic E-state index is 0.581. The number of allylic oxidation sites excluding steroid dienone is 2. The van der Waals surface area contributed by atoms with Gasteiger partial charge in [0.2, 0.25) is 0 Å². The molecular weight excluding hydrogens is 472 g/mol. The summed E-state index contributed by atoms with van der Waals surface area (Å²) in [6, 6.07) is 21.2. The van der Waals surface area contributed by atoms with Crippen LogP contribution in [0, 0.1) is 11.8 Å². The molecule has 0 saturated carbocycles. The predicted molar refractivity (Wildman–Crippen MR) is 153 cm³/mol. The molecule has 2 aromatic rings. The van der Waals surface area contributed by atoms with E-state index in [4.69, 9.17) is 4.74 Å². The van der Waals surface area contributed by atoms with Crippen molar-refractivity contribution in [3.8, 4) is 0 Å². The van der Waals surface area contributed by atoms with E-state index in [9.17, 15) is 9.11 Å². The summed E-state index contributed by atoms with van der Waals surface area (Å²) in [5.74, 6) is 1.16. The predicted octanol–water partition coefficient (Wildman–Crippen LogP) is 9.98. The maximum atomic E-state index is 9.75. The lowest BCUT2D eigenvalue weighted by Gasteiger charge is -2.17. The van der Waals surface area contributed by atoms with Gasteiger partial charge >= 0.3 is 0 Å². The van der Waals surface area contributed by atoms with Gasteiger partial charge in [0.25, 0.3) is 0 Å². The molecule has 35 heavy (non-hydrogen) atoms. The first kappa shape index (κ1) is 29.6. The van der Waals surface area contributed by atoms with E-state index in [2.05, 4.69) is 74.5 Å². The van der Waals surface area contributed by atoms with E-state index in [0.717, 1.165) is 85.3 Å². The Hall–Kier alpha value is -1.66. The van der Waals surface area contributed by atoms with E-state index in [-0.39, 0.29) is 0 Å². The van der Waals surface area contributed by atoms with E-state index >= 15 is 0 Å². The van der Waals surface area contributed by atoms with Crippen LogP contribution < -0.4 is 0 Å². The Morgan fingerprint density at radius 1 is 0.686 bits per heavy atom. The van der Waals surface area contributed by atoms with Crippen molar-refractivity contribution < 1.29 is 13.8 Å². The summed E-state index contributed by atoms with van der Waals surface area (Å²) in [5.41, 5.74) is 2.73. The molecule has 192 valence electrons. The summed E-state index contributed by atoms with van der Waals surface area (Å²) in [5, 5.41) is 0. The van der Waals surface area contributed by atoms with Crippen LogP contribution >= 0.6 is 24.1 Å². The molecule has 2 atom stereocenters. The molecule has 0 aliphatic rings. The van der Waals surface area contributed by atoms with E-state index < -0.39 is 0 Å². The Balaban J connectivity index is 1.86. The van der Waals surface area contributed by atoms with Crippen LogP contribution in [0.3, 0.4) is 0 Å². The lowest BCUT2D eigenvalue weighted by molar-refractivity contribution is 0.387. The van der Waals surface area contributed by atoms with Crippen LogP contribution in [0.1, 0.15) is 76.3 Å². The summed E-state index contributed by atoms with van der Waals surface area (Å²) in [6.07, 6.45) is 13.6. The molecule has 3 nitrogen and oxygen atoms in total. The van der Waals surface area contributed by atoms with Gasteiger partial charge in [-0.15, -0.1) is 0 Å². The van der Waals surface area contributed by atoms with Gasteiger partial charge in [0.15, 0.2) is 0 Å². The van der Waals surface area contributed by atoms with Gasteiger partial charge in [-0.2, -0.15) is 0 Å². The van der Waals surface area contributed by atoms with Crippen LogP contribution in [0.2, 0.25) is 0 Å². The molecule has 0 fully saturated rings. The molecule has 2 rings (SSSR count). The second-order valence-corrected chi connectivity index (χ2v) is 10.7. The van der Waals surface area contributed by atoms with Crippen molar-refractivity contribution in [2.45, 2.75) is 78.1 Å². The summed E-state index contributed by atoms with van der Waals surface area (Å²) >= 11 is 1.52. The molecule has 2 N–H and O–H groups in total. The fraction of sp³-hybridized carbons (Fsp3) is 0.467. The van der Waals surface area contributed by atoms with Crippen molar-refractivity contribution in [1.82, 2.24) is 0 Å². The number of hydrogen-bond donors (Lipinski definition) is 2. The maximum Gasteiger partial charge on any atom is 0.102 e. The summed E-state index contributed by atoms with van der Waals surface area (Å²) in [4.78, 5) is 1.62. The quantitative estimate of drug-likeness (QED) is 0.153. The van der Waals surface area contributed by atoms with Crippen molar-refractivity contribution in [2.75, 3.05) is 0 Å². The van der Waals surface area contributed by atoms with Crippen LogP contribution in [0.4, 0.5) is 0 Å². The van der Waals surface area contributed by atoms with Gasteiger partial charge in [-0.25, -0.2) is 0 Å². The highest BCUT2D eigenvalue weighted by atomic mass is 32.2. The van der Waals surface area contributed by atoms with Crippen LogP contribution in [0.5, 0.6) is 0 Å². The molecule has 0 radical (unpaired) electrons. The van der Waals surface area contributed by atoms with Crippen molar-refractivity contribution >= 4 is 24.1 Å². The molecule has 5 heteroatoms. The van der Waals surface area contributed by atoms with Crippen LogP contribution in [-0.4, -0.2) is 9.11 Å². The number of rotatable bonds is 18. The summed E-state index contributed by atoms with van der Waals surface area (Å²) in [7, 11) is 0. The Morgan fingerprint density at radius 2 is 1.09 bits per heavy atom. The minimum Gasteiger partial charge on any atom is -0.471 e. The zero-order valence-electron chi connectivity index (χ0n) is 21.3. The average molecular weight is 515 g/mol. The average Bonchev–Trinajstić information content (AvgIpc) is 2.89. The molecular formula is C30H42O3S2. The van der Waals surface area contributed by atoms with Crippen LogP contribution in [0.15, 0.2) is 83.0 Å². The van der Waals surface area contributed by atoms with Gasteiger partial charge in [0, 0.05) is 33.9 Å². The Bertz CT molecular complexity index is 781. The largest absolute Gasteiger partial charge is 0.471 e. The minimum atomic E-state index is 0.581. The zero-order valence-corrected chi connectivity index (χ0v) is 22.9. The first-order chi connectivity index (χ1) is 17.2. The van der Waals surface area contributed by atoms with Crippen molar-refractivity contribution in [1.29, 1.82) is 0 Å². The van der Waals surface area contributed by atoms with Crippen molar-refractivity contribution in [3.63, 3.8) is 0 Å². The second-order valence-electron chi connectivity index (χ2n) is 9.25. The highest BCUT2D eigenvalue weighted by Gasteiger charge is 2.12. The molecule has 0 heterocycles. The fourth-order valence-electron chi connectivity index (χ4n) is 4.54. The summed E-state index contributed by atoms with van der Waals surface area (Å²) < 4.78 is 25.2. The first-order valence-corrected chi connectivity index (χ1v) is 14.5. The monoisotopic (exact) mass is 514 g/mol. The van der Waals surface area contributed by atoms with Gasteiger partial charge in [0.05, 0.1) is 0 Å². The van der Waals surface area contributed by atoms with Crippen LogP contribution in [0.25, 0.3) is 0 Å². The molecule has 2 aromatic carbocycles. The topological polar surface area (TPSA) is 49.7 Å². The van der Waals surface area contributed by atoms with Gasteiger partial charge in [-0.1, -0.05) is 100 Å². The zero-order chi connectivity index (χ0) is 25.1. The van der Waals surface area contributed by atoms with Gasteiger partial charge in [-0.05, 0) is 61.5 Å². The molecule has 0 spiro atoms. The smallest absolute Gasteiger partial charge is 0.102 e. The van der Waals surface area contributed by atoms with Crippen molar-refractivity contribution in [3.05, 3.63) is 94.1 Å². The number of hydrogen-bond acceptors (Lipinski definition) is 5. The SMILES string of the molecule is CCCC(CCC(=COC=C(CCC(CCC)Cc1ccccc1)SO)SO)Cc1ccccc1. The number of ether oxygens (including phenoxy) is 1. The first-order valence-electron chi connectivity index (χ1n) is 12.9. The van der Waals surface area contributed by atoms with Crippen molar-refractivity contribution in [2.24, 2.45) is 11.8 Å². The highest BCUT2D eigenvalue weighted by molar-refractivity contribution is 7.97. The van der Waals surface area contributed by atoms with E-state index in [1.54, 1.807) is 12.5 Å². The van der Waals surface area contributed by atoms with Gasteiger partial charge < -0.3 is 13.8 Å². The Morgan fingerprint density at radius 3 is 1.43 bits per heavy atom. The van der Waals surface area contributed by atoms with Gasteiger partial charge in [-0.3, -0.25) is 0 Å². The summed E-state index contributed by atoms with van der Waals surface area (Å²) in [6.45, 7) is 4.45. The third-order valence-corrected chi connectivity index (χ3v) is 7.43. The number of benzene rings is 2. The Kier molecular flexibility index (Phi) is 15.7. The van der Waals surface area contributed by atoms with Gasteiger partial charge in [0.1, 0.15) is 12.5 Å². The third-order valence-electron chi connectivity index (χ3n) is 6.36. The molecule has 0 aliphatic heterocycles.